The molecule has 3 nitrogen and oxygen atoms in total. The van der Waals surface area contributed by atoms with Gasteiger partial charge >= 0.3 is 0 Å². The lowest BCUT2D eigenvalue weighted by molar-refractivity contribution is -0.512. The zero-order valence-corrected chi connectivity index (χ0v) is 10.8. The largest absolute Gasteiger partial charge is 0.264 e. The predicted molar refractivity (Wildman–Crippen MR) is 72.2 cm³/mol. The molecule has 1 aromatic carbocycles. The molecule has 0 aliphatic heterocycles. The second kappa shape index (κ2) is 5.80. The first-order valence-electron chi connectivity index (χ1n) is 6.55. The van der Waals surface area contributed by atoms with Crippen molar-refractivity contribution in [2.75, 3.05) is 0 Å². The average Bonchev–Trinajstić information content (AvgIpc) is 2.38. The summed E-state index contributed by atoms with van der Waals surface area (Å²) in [6.07, 6.45) is 6.72. The number of nitrogens with zero attached hydrogens (tertiary/aromatic N) is 1. The molecule has 1 unspecified atom stereocenters. The van der Waals surface area contributed by atoms with Crippen molar-refractivity contribution < 1.29 is 4.92 Å². The SMILES string of the molecule is Cc1ccc(CC(C2=CCCCC2)[N+](=O)[O-])cc1. The minimum Gasteiger partial charge on any atom is -0.264 e. The van der Waals surface area contributed by atoms with Crippen molar-refractivity contribution in [3.05, 3.63) is 57.2 Å². The third kappa shape index (κ3) is 3.19. The monoisotopic (exact) mass is 245 g/mol. The van der Waals surface area contributed by atoms with Gasteiger partial charge in [0.25, 0.3) is 0 Å². The van der Waals surface area contributed by atoms with Crippen LogP contribution in [0.3, 0.4) is 0 Å². The molecule has 1 atom stereocenters. The van der Waals surface area contributed by atoms with Gasteiger partial charge in [-0.15, -0.1) is 0 Å². The molecule has 18 heavy (non-hydrogen) atoms. The molecule has 1 aliphatic rings. The first-order valence-corrected chi connectivity index (χ1v) is 6.55. The predicted octanol–water partition coefficient (Wildman–Crippen LogP) is 3.68. The maximum Gasteiger partial charge on any atom is 0.238 e. The van der Waals surface area contributed by atoms with E-state index in [2.05, 4.69) is 6.08 Å². The molecule has 1 aromatic rings. The molecular weight excluding hydrogens is 226 g/mol. The summed E-state index contributed by atoms with van der Waals surface area (Å²) in [7, 11) is 0. The van der Waals surface area contributed by atoms with E-state index >= 15 is 0 Å². The fraction of sp³-hybridized carbons (Fsp3) is 0.467. The van der Waals surface area contributed by atoms with Gasteiger partial charge < -0.3 is 0 Å². The summed E-state index contributed by atoms with van der Waals surface area (Å²) >= 11 is 0. The maximum absolute atomic E-state index is 11.2. The molecule has 0 amide bonds. The van der Waals surface area contributed by atoms with Gasteiger partial charge in [-0.2, -0.15) is 0 Å². The summed E-state index contributed by atoms with van der Waals surface area (Å²) in [5.74, 6) is 0. The Labute approximate surface area is 108 Å². The summed E-state index contributed by atoms with van der Waals surface area (Å²) in [6.45, 7) is 2.03. The van der Waals surface area contributed by atoms with Crippen LogP contribution >= 0.6 is 0 Å². The molecule has 0 fully saturated rings. The molecule has 0 radical (unpaired) electrons. The van der Waals surface area contributed by atoms with Gasteiger partial charge in [0.05, 0.1) is 0 Å². The average molecular weight is 245 g/mol. The van der Waals surface area contributed by atoms with Crippen LogP contribution in [0.15, 0.2) is 35.9 Å². The number of benzene rings is 1. The van der Waals surface area contributed by atoms with Crippen LogP contribution in [0.4, 0.5) is 0 Å². The van der Waals surface area contributed by atoms with Gasteiger partial charge in [-0.25, -0.2) is 0 Å². The smallest absolute Gasteiger partial charge is 0.238 e. The van der Waals surface area contributed by atoms with Gasteiger partial charge in [-0.05, 0) is 43.7 Å². The highest BCUT2D eigenvalue weighted by molar-refractivity contribution is 5.24. The number of nitro groups is 1. The van der Waals surface area contributed by atoms with E-state index < -0.39 is 6.04 Å². The molecule has 0 saturated carbocycles. The highest BCUT2D eigenvalue weighted by Gasteiger charge is 2.26. The first kappa shape index (κ1) is 12.8. The Morgan fingerprint density at radius 1 is 1.28 bits per heavy atom. The van der Waals surface area contributed by atoms with E-state index in [1.165, 1.54) is 12.0 Å². The fourth-order valence-corrected chi connectivity index (χ4v) is 2.45. The highest BCUT2D eigenvalue weighted by Crippen LogP contribution is 2.24. The lowest BCUT2D eigenvalue weighted by atomic mass is 9.90. The molecule has 0 N–H and O–H groups in total. The number of allylic oxidation sites excluding steroid dienone is 1. The Bertz CT molecular complexity index is 448. The molecule has 96 valence electrons. The normalized spacial score (nSPS) is 17.1. The summed E-state index contributed by atoms with van der Waals surface area (Å²) in [5.41, 5.74) is 3.26. The van der Waals surface area contributed by atoms with Gasteiger partial charge in [-0.1, -0.05) is 35.9 Å². The first-order chi connectivity index (χ1) is 8.66. The van der Waals surface area contributed by atoms with Crippen LogP contribution in [0.1, 0.15) is 36.8 Å². The van der Waals surface area contributed by atoms with Crippen LogP contribution in [0, 0.1) is 17.0 Å². The quantitative estimate of drug-likeness (QED) is 0.461. The molecule has 0 saturated heterocycles. The number of hydrogen-bond donors (Lipinski definition) is 0. The van der Waals surface area contributed by atoms with Crippen LogP contribution in [0.5, 0.6) is 0 Å². The number of aryl methyl sites for hydroxylation is 1. The third-order valence-corrected chi connectivity index (χ3v) is 3.56. The summed E-state index contributed by atoms with van der Waals surface area (Å²) in [4.78, 5) is 11.1. The van der Waals surface area contributed by atoms with Gasteiger partial charge in [0.2, 0.25) is 6.04 Å². The van der Waals surface area contributed by atoms with Crippen LogP contribution in [0.25, 0.3) is 0 Å². The molecule has 0 heterocycles. The van der Waals surface area contributed by atoms with Crippen molar-refractivity contribution in [1.82, 2.24) is 0 Å². The molecular formula is C15H19NO2. The van der Waals surface area contributed by atoms with Crippen molar-refractivity contribution in [2.45, 2.75) is 45.1 Å². The van der Waals surface area contributed by atoms with Crippen molar-refractivity contribution in [2.24, 2.45) is 0 Å². The number of rotatable bonds is 4. The van der Waals surface area contributed by atoms with Gasteiger partial charge in [0, 0.05) is 11.3 Å². The van der Waals surface area contributed by atoms with Gasteiger partial charge in [0.1, 0.15) is 0 Å². The topological polar surface area (TPSA) is 43.1 Å². The van der Waals surface area contributed by atoms with E-state index in [0.29, 0.717) is 6.42 Å². The van der Waals surface area contributed by atoms with Crippen LogP contribution in [-0.4, -0.2) is 11.0 Å². The third-order valence-electron chi connectivity index (χ3n) is 3.56. The highest BCUT2D eigenvalue weighted by atomic mass is 16.6. The van der Waals surface area contributed by atoms with E-state index in [1.807, 2.05) is 31.2 Å². The van der Waals surface area contributed by atoms with Crippen LogP contribution in [0.2, 0.25) is 0 Å². The Morgan fingerprint density at radius 3 is 2.56 bits per heavy atom. The Hall–Kier alpha value is -1.64. The number of hydrogen-bond acceptors (Lipinski definition) is 2. The lowest BCUT2D eigenvalue weighted by Gasteiger charge is -2.17. The van der Waals surface area contributed by atoms with Gasteiger partial charge in [0.15, 0.2) is 0 Å². The van der Waals surface area contributed by atoms with Crippen LogP contribution < -0.4 is 0 Å². The summed E-state index contributed by atoms with van der Waals surface area (Å²) in [5, 5.41) is 11.2. The van der Waals surface area contributed by atoms with E-state index in [9.17, 15) is 10.1 Å². The zero-order chi connectivity index (χ0) is 13.0. The van der Waals surface area contributed by atoms with E-state index in [-0.39, 0.29) is 4.92 Å². The molecule has 0 bridgehead atoms. The maximum atomic E-state index is 11.2. The molecule has 0 spiro atoms. The van der Waals surface area contributed by atoms with Crippen molar-refractivity contribution in [3.8, 4) is 0 Å². The lowest BCUT2D eigenvalue weighted by Crippen LogP contribution is -2.25. The minimum atomic E-state index is -0.534. The standard InChI is InChI=1S/C15H19NO2/c1-12-7-9-13(10-8-12)11-15(16(17)18)14-5-3-2-4-6-14/h5,7-10,15H,2-4,6,11H2,1H3. The summed E-state index contributed by atoms with van der Waals surface area (Å²) < 4.78 is 0. The van der Waals surface area contributed by atoms with Crippen molar-refractivity contribution in [3.63, 3.8) is 0 Å². The van der Waals surface area contributed by atoms with E-state index in [4.69, 9.17) is 0 Å². The zero-order valence-electron chi connectivity index (χ0n) is 10.8. The van der Waals surface area contributed by atoms with Crippen molar-refractivity contribution in [1.29, 1.82) is 0 Å². The molecule has 1 aliphatic carbocycles. The van der Waals surface area contributed by atoms with Gasteiger partial charge in [-0.3, -0.25) is 10.1 Å². The Balaban J connectivity index is 2.13. The Kier molecular flexibility index (Phi) is 4.13. The summed E-state index contributed by atoms with van der Waals surface area (Å²) in [6, 6.07) is 7.49. The minimum absolute atomic E-state index is 0.128. The molecule has 0 aromatic heterocycles. The molecule has 2 rings (SSSR count). The molecule has 3 heteroatoms. The second-order valence-corrected chi connectivity index (χ2v) is 5.02. The van der Waals surface area contributed by atoms with Crippen molar-refractivity contribution >= 4 is 0 Å². The van der Waals surface area contributed by atoms with E-state index in [1.54, 1.807) is 0 Å². The second-order valence-electron chi connectivity index (χ2n) is 5.02. The fourth-order valence-electron chi connectivity index (χ4n) is 2.45. The Morgan fingerprint density at radius 2 is 2.00 bits per heavy atom. The van der Waals surface area contributed by atoms with E-state index in [0.717, 1.165) is 30.4 Å². The van der Waals surface area contributed by atoms with Crippen LogP contribution in [-0.2, 0) is 6.42 Å².